The molecule has 0 radical (unpaired) electrons. The molecule has 0 spiro atoms. The second kappa shape index (κ2) is 45.2. The molecule has 2 aromatic heterocycles. The minimum atomic E-state index is -0.967. The normalized spacial score (nSPS) is 18.7. The Morgan fingerprint density at radius 1 is 0.356 bits per heavy atom. The van der Waals surface area contributed by atoms with Gasteiger partial charge in [0.25, 0.3) is 5.26 Å². The summed E-state index contributed by atoms with van der Waals surface area (Å²) in [5.74, 6) is -6.96. The van der Waals surface area contributed by atoms with Gasteiger partial charge in [0.05, 0.1) is 47.8 Å². The number of thiazole rings is 1. The van der Waals surface area contributed by atoms with E-state index in [1.165, 1.54) is 87.8 Å². The topological polar surface area (TPSA) is 54.0 Å². The molecule has 3 aliphatic carbocycles. The highest BCUT2D eigenvalue weighted by molar-refractivity contribution is 7.98. The number of morpholine rings is 1. The first-order valence-electron chi connectivity index (χ1n) is 49.4. The number of fused-ring (bicyclic) bond motifs is 17. The van der Waals surface area contributed by atoms with Gasteiger partial charge in [-0.05, 0) is 209 Å². The van der Waals surface area contributed by atoms with Crippen molar-refractivity contribution in [1.82, 2.24) is 9.97 Å². The Hall–Kier alpha value is -10.9. The lowest BCUT2D eigenvalue weighted by Gasteiger charge is -2.37. The van der Waals surface area contributed by atoms with E-state index in [1.54, 1.807) is 54.4 Å². The molecule has 3 fully saturated rings. The lowest BCUT2D eigenvalue weighted by atomic mass is 9.71. The molecular formula is C126H146F13N5O2S3. The van der Waals surface area contributed by atoms with Gasteiger partial charge in [0.1, 0.15) is 12.4 Å². The molecule has 13 aromatic rings. The summed E-state index contributed by atoms with van der Waals surface area (Å²) >= 11 is 4.04. The van der Waals surface area contributed by atoms with E-state index < -0.39 is 75.1 Å². The van der Waals surface area contributed by atoms with Crippen molar-refractivity contribution in [2.24, 2.45) is 32.5 Å². The quantitative estimate of drug-likeness (QED) is 0.158. The molecule has 7 unspecified atom stereocenters. The van der Waals surface area contributed by atoms with Crippen molar-refractivity contribution >= 4 is 51.9 Å². The van der Waals surface area contributed by atoms with Crippen LogP contribution in [0.3, 0.4) is 0 Å². The van der Waals surface area contributed by atoms with Crippen LogP contribution in [0.25, 0.3) is 21.7 Å². The van der Waals surface area contributed by atoms with E-state index in [9.17, 15) is 57.1 Å². The van der Waals surface area contributed by atoms with E-state index in [0.717, 1.165) is 102 Å². The number of anilines is 3. The maximum Gasteiger partial charge on any atom is 0.270 e. The van der Waals surface area contributed by atoms with Crippen LogP contribution in [0.4, 0.5) is 74.1 Å². The molecule has 2 saturated carbocycles. The number of aromatic nitrogens is 2. The maximum atomic E-state index is 15.0. The highest BCUT2D eigenvalue weighted by Crippen LogP contribution is 2.60. The molecule has 1 saturated heterocycles. The van der Waals surface area contributed by atoms with Crippen LogP contribution in [0.15, 0.2) is 210 Å². The first kappa shape index (κ1) is 117. The average Bonchev–Trinajstić information content (AvgIpc) is 1.61. The lowest BCUT2D eigenvalue weighted by Crippen LogP contribution is -2.40. The molecule has 7 aliphatic heterocycles. The van der Waals surface area contributed by atoms with Crippen LogP contribution in [0.2, 0.25) is 0 Å². The third-order valence-electron chi connectivity index (χ3n) is 29.4. The smallest absolute Gasteiger partial charge is 0.270 e. The molecule has 10 aliphatic rings. The third-order valence-corrected chi connectivity index (χ3v) is 32.4. The van der Waals surface area contributed by atoms with Gasteiger partial charge >= 0.3 is 0 Å². The summed E-state index contributed by atoms with van der Waals surface area (Å²) in [6.07, 6.45) is 6.56. The van der Waals surface area contributed by atoms with Crippen molar-refractivity contribution in [1.29, 1.82) is 0 Å². The van der Waals surface area contributed by atoms with Crippen molar-refractivity contribution in [2.75, 3.05) is 47.6 Å². The predicted octanol–water partition coefficient (Wildman–Crippen LogP) is 37.5. The minimum Gasteiger partial charge on any atom is -0.490 e. The number of hydrogen-bond acceptors (Lipinski definition) is 10. The molecule has 11 aromatic carbocycles. The van der Waals surface area contributed by atoms with E-state index in [0.29, 0.717) is 108 Å². The summed E-state index contributed by atoms with van der Waals surface area (Å²) in [6, 6.07) is 58.9. The van der Waals surface area contributed by atoms with Crippen molar-refractivity contribution in [2.45, 2.75) is 283 Å². The Bertz CT molecular complexity index is 7030. The number of hydrogen-bond donors (Lipinski definition) is 0. The van der Waals surface area contributed by atoms with Gasteiger partial charge in [0.2, 0.25) is 0 Å². The van der Waals surface area contributed by atoms with Crippen LogP contribution in [-0.2, 0) is 29.3 Å². The molecule has 7 atom stereocenters. The van der Waals surface area contributed by atoms with Gasteiger partial charge in [0, 0.05) is 133 Å². The Morgan fingerprint density at radius 3 is 1.32 bits per heavy atom. The summed E-state index contributed by atoms with van der Waals surface area (Å²) in [6.45, 7) is 42.1. The molecule has 23 rings (SSSR count). The zero-order chi connectivity index (χ0) is 102. The van der Waals surface area contributed by atoms with E-state index in [-0.39, 0.29) is 130 Å². The molecule has 23 heteroatoms. The van der Waals surface area contributed by atoms with Gasteiger partial charge in [-0.25, -0.2) is 57.7 Å². The summed E-state index contributed by atoms with van der Waals surface area (Å²) in [4.78, 5) is 17.9. The number of thioether (sulfide) groups is 2. The van der Waals surface area contributed by atoms with Gasteiger partial charge in [-0.1, -0.05) is 302 Å². The fraction of sp³-hybridized carbons (Fsp3) is 0.413. The Kier molecular flexibility index (Phi) is 35.4. The highest BCUT2D eigenvalue weighted by atomic mass is 32.2. The number of ether oxygens (including phenoxy) is 2. The van der Waals surface area contributed by atoms with E-state index in [1.807, 2.05) is 72.8 Å². The van der Waals surface area contributed by atoms with Gasteiger partial charge < -0.3 is 24.2 Å². The molecule has 9 heterocycles. The molecule has 0 amide bonds. The zero-order valence-corrected chi connectivity index (χ0v) is 86.6. The van der Waals surface area contributed by atoms with Crippen LogP contribution in [0.5, 0.6) is 5.75 Å². The monoisotopic (exact) mass is 2100 g/mol. The Labute approximate surface area is 888 Å². The van der Waals surface area contributed by atoms with Crippen molar-refractivity contribution in [3.8, 4) is 27.4 Å². The molecular weight excluding hydrogens is 1960 g/mol. The van der Waals surface area contributed by atoms with Crippen molar-refractivity contribution in [3.63, 3.8) is 0 Å². The average molecular weight is 2110 g/mol. The third kappa shape index (κ3) is 22.8. The first-order valence-corrected chi connectivity index (χ1v) is 52.2. The highest BCUT2D eigenvalue weighted by Gasteiger charge is 2.48. The van der Waals surface area contributed by atoms with Crippen LogP contribution >= 0.6 is 34.9 Å². The van der Waals surface area contributed by atoms with E-state index >= 15 is 0 Å². The van der Waals surface area contributed by atoms with Crippen LogP contribution in [0, 0.1) is 108 Å². The number of rotatable bonds is 2. The number of para-hydroxylation sites is 3. The summed E-state index contributed by atoms with van der Waals surface area (Å²) < 4.78 is 197. The van der Waals surface area contributed by atoms with Gasteiger partial charge in [-0.2, -0.15) is 4.39 Å². The molecule has 0 bridgehead atoms. The van der Waals surface area contributed by atoms with Crippen LogP contribution < -0.4 is 19.4 Å². The van der Waals surface area contributed by atoms with Gasteiger partial charge in [0.15, 0.2) is 69.8 Å². The molecule has 7 nitrogen and oxygen atoms in total. The number of pyridine rings is 1. The van der Waals surface area contributed by atoms with Crippen molar-refractivity contribution in [3.05, 3.63) is 376 Å². The summed E-state index contributed by atoms with van der Waals surface area (Å²) in [7, 11) is 0. The Balaban J connectivity index is 0.000000157. The second-order valence-electron chi connectivity index (χ2n) is 45.7. The SMILES string of the molecule is C.C.C.C.C.C.CC(C)(C)C1c2ccc(C3CC3)cc2SCc2c1ccc(F)c2F.CC(C)(C)C1c2ccc(F)c(F)c2CN2CCOc3cccc1c32.CC(C)(C)C1c2ccc(F)c(F)c2CSc2cccnc21.CC(C)(C)C1c2ccccc2-c2sc(F)nc2-c2c1ccc(F)c2F.CC(C)(C)C1c2ccccc2N(C2CC2)Cc2c1ccc(F)c2F.CC(C)(C)C1c2ccccc2N2CCOCC2c2c1ccc(F)c2F. The number of benzene rings is 11. The van der Waals surface area contributed by atoms with Gasteiger partial charge in [-0.15, -0.1) is 23.5 Å². The largest absolute Gasteiger partial charge is 0.490 e. The van der Waals surface area contributed by atoms with E-state index in [4.69, 9.17) is 9.47 Å². The predicted molar refractivity (Wildman–Crippen MR) is 591 cm³/mol. The van der Waals surface area contributed by atoms with Crippen LogP contribution in [0.1, 0.15) is 343 Å². The maximum absolute atomic E-state index is 15.0. The molecule has 149 heavy (non-hydrogen) atoms. The minimum absolute atomic E-state index is 0. The van der Waals surface area contributed by atoms with Crippen molar-refractivity contribution < 1.29 is 66.5 Å². The fourth-order valence-corrected chi connectivity index (χ4v) is 26.2. The fourth-order valence-electron chi connectivity index (χ4n) is 23.1. The standard InChI is InChI=1S/C21H23F2NO.C21H23F2N.C21H22F2S.C20H16F3NS.C20H21F2NO.C17H17F2NS.6CH4/c1-21(2,3)19-13-6-4-5-7-16(13)24-10-11-25-12-17(24)18-14(19)8-9-15(22)20(18)23;1-21(2,3)19-14-10-11-17(22)20(23)16(14)12-24(13-8-9-13)18-7-5-4-6-15(18)19;1-21(2,3)19-14-8-9-17(22)20(23)16(14)11-24-18-10-13(12-4-5-12)6-7-15(18)19;1-20(2,3)15-10-6-4-5-7-11(10)18-17(24-19(23)25-18)14-12(15)8-9-13(21)16(14)22;1-20(2,3)17-12-7-8-15(21)18(22)14(12)11-23-9-10-24-16-6-4-5-13(17)19(16)23;1-17(2,3)14-10-6-7-12(18)15(19)11(10)9-21-13-5-4-8-20-16(13)14;;;;;;/h4-9,17,19H,10-12H2,1-3H3;4-7,10-11,13,19H,8-9,12H2,1-3H3;6-10,12,19H,4-5,11H2,1-3H3;4-9,15H,1-3H3;4-8,17H,9-11H2,1-3H3;4-8,14H,9H2,1-3H3;6*1H4. The summed E-state index contributed by atoms with van der Waals surface area (Å²) in [5.41, 5.74) is 19.3. The molecule has 0 N–H and O–H groups in total. The summed E-state index contributed by atoms with van der Waals surface area (Å²) in [5, 5.41) is -0.649. The molecule has 796 valence electrons. The van der Waals surface area contributed by atoms with Gasteiger partial charge in [-0.3, -0.25) is 4.98 Å². The Morgan fingerprint density at radius 2 is 0.785 bits per heavy atom. The van der Waals surface area contributed by atoms with Crippen LogP contribution in [-0.4, -0.2) is 48.9 Å². The van der Waals surface area contributed by atoms with E-state index in [2.05, 4.69) is 198 Å². The second-order valence-corrected chi connectivity index (χ2v) is 48.7. The number of halogens is 13. The number of nitrogens with zero attached hydrogens (tertiary/aromatic N) is 5. The lowest BCUT2D eigenvalue weighted by molar-refractivity contribution is 0.0929. The first-order chi connectivity index (χ1) is 67.7. The zero-order valence-electron chi connectivity index (χ0n) is 84.1.